The van der Waals surface area contributed by atoms with Gasteiger partial charge in [-0.25, -0.2) is 18.0 Å². The quantitative estimate of drug-likeness (QED) is 0.0992. The average Bonchev–Trinajstić information content (AvgIpc) is 2.57. The molecule has 0 saturated heterocycles. The Morgan fingerprint density at radius 1 is 0.821 bits per heavy atom. The zero-order valence-electron chi connectivity index (χ0n) is 16.6. The van der Waals surface area contributed by atoms with Crippen LogP contribution in [0.15, 0.2) is 0 Å². The number of carboxylic acids is 2. The second-order valence-corrected chi connectivity index (χ2v) is 7.03. The number of carboxylic acid groups (broad SMARTS) is 2. The predicted octanol–water partition coefficient (Wildman–Crippen LogP) is -1.73. The predicted molar refractivity (Wildman–Crippen MR) is 94.8 cm³/mol. The molecule has 10 nitrogen and oxygen atoms in total. The molecule has 0 aromatic rings. The summed E-state index contributed by atoms with van der Waals surface area (Å²) in [5, 5.41) is 32.5. The van der Waals surface area contributed by atoms with Crippen LogP contribution in [0.3, 0.4) is 0 Å². The summed E-state index contributed by atoms with van der Waals surface area (Å²) in [4.78, 5) is 19.5. The maximum Gasteiger partial charge on any atom is 1.00 e. The number of hydrogen-bond donors (Lipinski definition) is 4. The van der Waals surface area contributed by atoms with E-state index in [-0.39, 0.29) is 36.2 Å². The van der Waals surface area contributed by atoms with Crippen LogP contribution in [0.5, 0.6) is 0 Å². The van der Waals surface area contributed by atoms with Crippen LogP contribution in [0.4, 0.5) is 0 Å². The van der Waals surface area contributed by atoms with Gasteiger partial charge in [0.25, 0.3) is 0 Å². The molecule has 0 aliphatic carbocycles. The Bertz CT molecular complexity index is 480. The third-order valence-corrected chi connectivity index (χ3v) is 3.99. The van der Waals surface area contributed by atoms with Crippen LogP contribution in [-0.4, -0.2) is 64.2 Å². The van der Waals surface area contributed by atoms with Crippen LogP contribution >= 0.6 is 0 Å². The van der Waals surface area contributed by atoms with Gasteiger partial charge in [-0.05, 0) is 6.42 Å². The van der Waals surface area contributed by atoms with E-state index in [2.05, 4.69) is 11.1 Å². The van der Waals surface area contributed by atoms with Crippen molar-refractivity contribution in [1.29, 1.82) is 0 Å². The van der Waals surface area contributed by atoms with Crippen LogP contribution in [0.1, 0.15) is 71.1 Å². The Morgan fingerprint density at radius 2 is 1.14 bits per heavy atom. The molecule has 28 heavy (non-hydrogen) atoms. The summed E-state index contributed by atoms with van der Waals surface area (Å²) in [6.45, 7) is 2.24. The van der Waals surface area contributed by atoms with Gasteiger partial charge in [0.2, 0.25) is 10.4 Å². The third kappa shape index (κ3) is 23.8. The molecule has 2 atom stereocenters. The molecule has 0 saturated carbocycles. The topological polar surface area (TPSA) is 181 Å². The SMILES string of the molecule is CCCCCCCCCCCCOS(=O)(=O)[O-].O=C(O)C(O)C(O)C(=O)O.[Na+]. The maximum absolute atomic E-state index is 10.1. The minimum atomic E-state index is -4.48. The van der Waals surface area contributed by atoms with E-state index >= 15 is 0 Å². The molecule has 0 spiro atoms. The first-order valence-electron chi connectivity index (χ1n) is 8.94. The van der Waals surface area contributed by atoms with Gasteiger partial charge in [0.05, 0.1) is 6.61 Å². The molecule has 0 bridgehead atoms. The van der Waals surface area contributed by atoms with E-state index in [9.17, 15) is 22.6 Å². The van der Waals surface area contributed by atoms with Crippen molar-refractivity contribution in [1.82, 2.24) is 0 Å². The molecular formula is C16H31NaO10S. The fourth-order valence-electron chi connectivity index (χ4n) is 2.02. The normalized spacial score (nSPS) is 12.9. The number of aliphatic carboxylic acids is 2. The van der Waals surface area contributed by atoms with E-state index in [0.29, 0.717) is 6.42 Å². The maximum atomic E-state index is 10.1. The van der Waals surface area contributed by atoms with Crippen molar-refractivity contribution in [2.75, 3.05) is 6.61 Å². The number of rotatable bonds is 15. The Morgan fingerprint density at radius 3 is 1.43 bits per heavy atom. The van der Waals surface area contributed by atoms with Crippen LogP contribution in [0, 0.1) is 0 Å². The van der Waals surface area contributed by atoms with Gasteiger partial charge < -0.3 is 25.0 Å². The number of carbonyl (C=O) groups is 2. The Hall–Kier alpha value is -0.270. The fourth-order valence-corrected chi connectivity index (χ4v) is 2.34. The Labute approximate surface area is 188 Å². The summed E-state index contributed by atoms with van der Waals surface area (Å²) in [5.41, 5.74) is 0. The van der Waals surface area contributed by atoms with Crippen LogP contribution in [-0.2, 0) is 24.2 Å². The molecule has 0 heterocycles. The van der Waals surface area contributed by atoms with Crippen molar-refractivity contribution in [3.05, 3.63) is 0 Å². The zero-order chi connectivity index (χ0) is 21.3. The van der Waals surface area contributed by atoms with Crippen molar-refractivity contribution in [2.45, 2.75) is 83.3 Å². The summed E-state index contributed by atoms with van der Waals surface area (Å²) in [6.07, 6.45) is 7.17. The second-order valence-electron chi connectivity index (χ2n) is 5.98. The van der Waals surface area contributed by atoms with Gasteiger partial charge >= 0.3 is 41.5 Å². The van der Waals surface area contributed by atoms with Gasteiger partial charge in [0.15, 0.2) is 12.2 Å². The molecule has 0 amide bonds. The molecule has 4 N–H and O–H groups in total. The number of hydrogen-bond acceptors (Lipinski definition) is 8. The molecule has 0 aliphatic rings. The summed E-state index contributed by atoms with van der Waals surface area (Å²) >= 11 is 0. The van der Waals surface area contributed by atoms with Crippen molar-refractivity contribution < 1.29 is 76.7 Å². The summed E-state index contributed by atoms with van der Waals surface area (Å²) < 4.78 is 34.5. The van der Waals surface area contributed by atoms with Gasteiger partial charge in [-0.15, -0.1) is 0 Å². The van der Waals surface area contributed by atoms with E-state index in [1.165, 1.54) is 44.9 Å². The number of aliphatic hydroxyl groups is 2. The van der Waals surface area contributed by atoms with E-state index in [4.69, 9.17) is 20.4 Å². The van der Waals surface area contributed by atoms with Gasteiger partial charge in [0, 0.05) is 0 Å². The Balaban J connectivity index is -0.000000489. The summed E-state index contributed by atoms with van der Waals surface area (Å²) in [5.74, 6) is -3.54. The number of aliphatic hydroxyl groups excluding tert-OH is 2. The van der Waals surface area contributed by atoms with Crippen molar-refractivity contribution >= 4 is 22.3 Å². The van der Waals surface area contributed by atoms with E-state index < -0.39 is 34.5 Å². The monoisotopic (exact) mass is 438 g/mol. The first-order chi connectivity index (χ1) is 12.5. The van der Waals surface area contributed by atoms with E-state index in [0.717, 1.165) is 12.8 Å². The molecule has 0 aliphatic heterocycles. The molecule has 2 unspecified atom stereocenters. The minimum Gasteiger partial charge on any atom is -0.726 e. The van der Waals surface area contributed by atoms with Gasteiger partial charge in [0.1, 0.15) is 0 Å². The molecule has 0 aromatic heterocycles. The molecular weight excluding hydrogens is 407 g/mol. The average molecular weight is 438 g/mol. The molecule has 0 aromatic carbocycles. The van der Waals surface area contributed by atoms with E-state index in [1.54, 1.807) is 0 Å². The summed E-state index contributed by atoms with van der Waals surface area (Å²) in [6, 6.07) is 0. The van der Waals surface area contributed by atoms with Gasteiger partial charge in [-0.2, -0.15) is 0 Å². The summed E-state index contributed by atoms with van der Waals surface area (Å²) in [7, 11) is -4.48. The van der Waals surface area contributed by atoms with Crippen molar-refractivity contribution in [3.63, 3.8) is 0 Å². The molecule has 0 fully saturated rings. The molecule has 162 valence electrons. The fraction of sp³-hybridized carbons (Fsp3) is 0.875. The van der Waals surface area contributed by atoms with Crippen LogP contribution < -0.4 is 29.6 Å². The largest absolute Gasteiger partial charge is 1.00 e. The standard InChI is InChI=1S/C12H26O4S.C4H6O6.Na/c1-2-3-4-5-6-7-8-9-10-11-12-16-17(13,14)15;5-1(3(7)8)2(6)4(9)10;/h2-12H2,1H3,(H,13,14,15);1-2,5-6H,(H,7,8)(H,9,10);/q;;+1/p-1. The molecule has 0 rings (SSSR count). The first-order valence-corrected chi connectivity index (χ1v) is 10.3. The van der Waals surface area contributed by atoms with Crippen LogP contribution in [0.2, 0.25) is 0 Å². The number of unbranched alkanes of at least 4 members (excludes halogenated alkanes) is 9. The van der Waals surface area contributed by atoms with Gasteiger partial charge in [-0.1, -0.05) is 64.7 Å². The second kappa shape index (κ2) is 20.0. The van der Waals surface area contributed by atoms with Crippen molar-refractivity contribution in [2.24, 2.45) is 0 Å². The first kappa shape index (κ1) is 32.4. The van der Waals surface area contributed by atoms with Crippen LogP contribution in [0.25, 0.3) is 0 Å². The zero-order valence-corrected chi connectivity index (χ0v) is 19.4. The third-order valence-electron chi connectivity index (χ3n) is 3.53. The molecule has 0 radical (unpaired) electrons. The van der Waals surface area contributed by atoms with Crippen molar-refractivity contribution in [3.8, 4) is 0 Å². The Kier molecular flexibility index (Phi) is 23.2. The smallest absolute Gasteiger partial charge is 0.726 e. The minimum absolute atomic E-state index is 0. The van der Waals surface area contributed by atoms with E-state index in [1.807, 2.05) is 0 Å². The van der Waals surface area contributed by atoms with Gasteiger partial charge in [-0.3, -0.25) is 4.18 Å². The molecule has 12 heteroatoms.